The van der Waals surface area contributed by atoms with E-state index in [1.165, 1.54) is 0 Å². The summed E-state index contributed by atoms with van der Waals surface area (Å²) in [6, 6.07) is 11.7. The molecule has 0 spiro atoms. The molecule has 1 unspecified atom stereocenters. The number of aromatic nitrogens is 2. The Hall–Kier alpha value is -1.59. The minimum Gasteiger partial charge on any atom is -0.384 e. The first-order valence-corrected chi connectivity index (χ1v) is 7.74. The minimum absolute atomic E-state index is 0.344. The van der Waals surface area contributed by atoms with Crippen LogP contribution in [0.25, 0.3) is 11.4 Å². The normalized spacial score (nSPS) is 18.3. The summed E-state index contributed by atoms with van der Waals surface area (Å²) in [5, 5.41) is 0.909. The molecule has 104 valence electrons. The standard InChI is InChI=1S/C15H17N3OS/c16-13-9-14(20-10-12-7-4-8-19-12)18-15(17-13)11-5-2-1-3-6-11/h1-3,5-6,9,12H,4,7-8,10H2,(H2,16,17,18). The van der Waals surface area contributed by atoms with E-state index in [0.29, 0.717) is 17.7 Å². The molecule has 1 aliphatic rings. The third kappa shape index (κ3) is 3.29. The quantitative estimate of drug-likeness (QED) is 0.692. The van der Waals surface area contributed by atoms with Gasteiger partial charge in [-0.15, -0.1) is 11.8 Å². The molecule has 0 aliphatic carbocycles. The van der Waals surface area contributed by atoms with E-state index in [4.69, 9.17) is 10.5 Å². The number of nitrogens with two attached hydrogens (primary N) is 1. The predicted molar refractivity (Wildman–Crippen MR) is 81.6 cm³/mol. The number of benzene rings is 1. The Morgan fingerprint density at radius 1 is 1.25 bits per heavy atom. The largest absolute Gasteiger partial charge is 0.384 e. The Bertz CT molecular complexity index is 571. The van der Waals surface area contributed by atoms with E-state index in [9.17, 15) is 0 Å². The van der Waals surface area contributed by atoms with E-state index in [1.807, 2.05) is 36.4 Å². The van der Waals surface area contributed by atoms with Gasteiger partial charge in [0, 0.05) is 24.0 Å². The molecular formula is C15H17N3OS. The van der Waals surface area contributed by atoms with Crippen molar-refractivity contribution >= 4 is 17.6 Å². The van der Waals surface area contributed by atoms with Gasteiger partial charge in [-0.25, -0.2) is 9.97 Å². The van der Waals surface area contributed by atoms with Gasteiger partial charge in [-0.05, 0) is 12.8 Å². The fraction of sp³-hybridized carbons (Fsp3) is 0.333. The van der Waals surface area contributed by atoms with Crippen molar-refractivity contribution in [3.05, 3.63) is 36.4 Å². The number of rotatable bonds is 4. The lowest BCUT2D eigenvalue weighted by molar-refractivity contribution is 0.129. The SMILES string of the molecule is Nc1cc(SCC2CCCO2)nc(-c2ccccc2)n1. The fourth-order valence-electron chi connectivity index (χ4n) is 2.19. The topological polar surface area (TPSA) is 61.0 Å². The summed E-state index contributed by atoms with van der Waals surface area (Å²) in [5.74, 6) is 2.11. The monoisotopic (exact) mass is 287 g/mol. The smallest absolute Gasteiger partial charge is 0.162 e. The second-order valence-electron chi connectivity index (χ2n) is 4.77. The second kappa shape index (κ2) is 6.24. The molecular weight excluding hydrogens is 270 g/mol. The summed E-state index contributed by atoms with van der Waals surface area (Å²) in [6.07, 6.45) is 2.64. The van der Waals surface area contributed by atoms with Crippen LogP contribution in [-0.4, -0.2) is 28.4 Å². The van der Waals surface area contributed by atoms with Crippen molar-refractivity contribution in [3.8, 4) is 11.4 Å². The Labute approximate surface area is 122 Å². The Kier molecular flexibility index (Phi) is 4.18. The number of hydrogen-bond acceptors (Lipinski definition) is 5. The number of nitrogens with zero attached hydrogens (tertiary/aromatic N) is 2. The average molecular weight is 287 g/mol. The van der Waals surface area contributed by atoms with E-state index in [-0.39, 0.29) is 0 Å². The van der Waals surface area contributed by atoms with Crippen LogP contribution >= 0.6 is 11.8 Å². The first-order chi connectivity index (χ1) is 9.81. The second-order valence-corrected chi connectivity index (χ2v) is 5.81. The summed E-state index contributed by atoms with van der Waals surface area (Å²) in [5.41, 5.74) is 6.87. The molecule has 1 atom stereocenters. The van der Waals surface area contributed by atoms with Gasteiger partial charge in [-0.1, -0.05) is 30.3 Å². The van der Waals surface area contributed by atoms with E-state index in [1.54, 1.807) is 11.8 Å². The van der Waals surface area contributed by atoms with Crippen LogP contribution in [0.15, 0.2) is 41.4 Å². The number of hydrogen-bond donors (Lipinski definition) is 1. The highest BCUT2D eigenvalue weighted by Gasteiger charge is 2.16. The van der Waals surface area contributed by atoms with Crippen LogP contribution in [0.4, 0.5) is 5.82 Å². The van der Waals surface area contributed by atoms with Crippen LogP contribution in [-0.2, 0) is 4.74 Å². The zero-order valence-electron chi connectivity index (χ0n) is 11.2. The highest BCUT2D eigenvalue weighted by atomic mass is 32.2. The molecule has 1 fully saturated rings. The molecule has 2 N–H and O–H groups in total. The summed E-state index contributed by atoms with van der Waals surface area (Å²) >= 11 is 1.68. The van der Waals surface area contributed by atoms with Gasteiger partial charge < -0.3 is 10.5 Å². The number of ether oxygens (including phenoxy) is 1. The van der Waals surface area contributed by atoms with Crippen LogP contribution in [0, 0.1) is 0 Å². The third-order valence-electron chi connectivity index (χ3n) is 3.20. The van der Waals surface area contributed by atoms with Crippen molar-refractivity contribution in [1.29, 1.82) is 0 Å². The first kappa shape index (κ1) is 13.4. The van der Waals surface area contributed by atoms with Crippen molar-refractivity contribution < 1.29 is 4.74 Å². The average Bonchev–Trinajstić information content (AvgIpc) is 2.99. The maximum Gasteiger partial charge on any atom is 0.162 e. The van der Waals surface area contributed by atoms with Crippen LogP contribution in [0.1, 0.15) is 12.8 Å². The molecule has 0 bridgehead atoms. The van der Waals surface area contributed by atoms with Crippen molar-refractivity contribution in [2.45, 2.75) is 24.0 Å². The van der Waals surface area contributed by atoms with Gasteiger partial charge in [0.2, 0.25) is 0 Å². The predicted octanol–water partition coefficient (Wildman–Crippen LogP) is 3.00. The fourth-order valence-corrected chi connectivity index (χ4v) is 3.16. The molecule has 0 amide bonds. The lowest BCUT2D eigenvalue weighted by Crippen LogP contribution is -2.08. The third-order valence-corrected chi connectivity index (χ3v) is 4.24. The van der Waals surface area contributed by atoms with Gasteiger partial charge >= 0.3 is 0 Å². The van der Waals surface area contributed by atoms with E-state index < -0.39 is 0 Å². The van der Waals surface area contributed by atoms with Crippen molar-refractivity contribution in [2.24, 2.45) is 0 Å². The van der Waals surface area contributed by atoms with Crippen LogP contribution in [0.5, 0.6) is 0 Å². The van der Waals surface area contributed by atoms with Crippen molar-refractivity contribution in [3.63, 3.8) is 0 Å². The van der Waals surface area contributed by atoms with E-state index >= 15 is 0 Å². The molecule has 1 aliphatic heterocycles. The lowest BCUT2D eigenvalue weighted by Gasteiger charge is -2.09. The van der Waals surface area contributed by atoms with Crippen molar-refractivity contribution in [1.82, 2.24) is 9.97 Å². The van der Waals surface area contributed by atoms with Gasteiger partial charge in [0.25, 0.3) is 0 Å². The minimum atomic E-state index is 0.344. The molecule has 4 nitrogen and oxygen atoms in total. The molecule has 1 aromatic carbocycles. The molecule has 20 heavy (non-hydrogen) atoms. The van der Waals surface area contributed by atoms with E-state index in [2.05, 4.69) is 9.97 Å². The maximum atomic E-state index is 5.88. The Morgan fingerprint density at radius 2 is 2.10 bits per heavy atom. The van der Waals surface area contributed by atoms with Gasteiger partial charge in [-0.3, -0.25) is 0 Å². The van der Waals surface area contributed by atoms with Gasteiger partial charge in [-0.2, -0.15) is 0 Å². The number of thioether (sulfide) groups is 1. The summed E-state index contributed by atoms with van der Waals surface area (Å²) < 4.78 is 5.62. The van der Waals surface area contributed by atoms with Crippen LogP contribution < -0.4 is 5.73 Å². The zero-order chi connectivity index (χ0) is 13.8. The van der Waals surface area contributed by atoms with Gasteiger partial charge in [0.1, 0.15) is 10.8 Å². The van der Waals surface area contributed by atoms with Crippen LogP contribution in [0.3, 0.4) is 0 Å². The molecule has 0 radical (unpaired) electrons. The molecule has 5 heteroatoms. The highest BCUT2D eigenvalue weighted by molar-refractivity contribution is 7.99. The molecule has 1 saturated heterocycles. The Balaban J connectivity index is 1.76. The highest BCUT2D eigenvalue weighted by Crippen LogP contribution is 2.25. The molecule has 2 heterocycles. The number of anilines is 1. The summed E-state index contributed by atoms with van der Waals surface area (Å²) in [4.78, 5) is 8.89. The van der Waals surface area contributed by atoms with Crippen molar-refractivity contribution in [2.75, 3.05) is 18.1 Å². The molecule has 2 aromatic rings. The van der Waals surface area contributed by atoms with E-state index in [0.717, 1.165) is 35.8 Å². The Morgan fingerprint density at radius 3 is 2.85 bits per heavy atom. The molecule has 1 aromatic heterocycles. The van der Waals surface area contributed by atoms with Crippen LogP contribution in [0.2, 0.25) is 0 Å². The zero-order valence-corrected chi connectivity index (χ0v) is 12.0. The molecule has 0 saturated carbocycles. The first-order valence-electron chi connectivity index (χ1n) is 6.75. The van der Waals surface area contributed by atoms with Gasteiger partial charge in [0.05, 0.1) is 6.10 Å². The molecule has 3 rings (SSSR count). The maximum absolute atomic E-state index is 5.88. The summed E-state index contributed by atoms with van der Waals surface area (Å²) in [7, 11) is 0. The van der Waals surface area contributed by atoms with Gasteiger partial charge in [0.15, 0.2) is 5.82 Å². The number of nitrogen functional groups attached to an aromatic ring is 1. The summed E-state index contributed by atoms with van der Waals surface area (Å²) in [6.45, 7) is 0.881. The lowest BCUT2D eigenvalue weighted by atomic mass is 10.2.